The number of hydrogen-bond donors (Lipinski definition) is 0. The van der Waals surface area contributed by atoms with Crippen LogP contribution in [0.3, 0.4) is 0 Å². The monoisotopic (exact) mass is 427 g/mol. The van der Waals surface area contributed by atoms with Crippen molar-refractivity contribution in [3.8, 4) is 0 Å². The number of likely N-dealkylation sites (tertiary alicyclic amines) is 1. The van der Waals surface area contributed by atoms with Crippen LogP contribution in [-0.2, 0) is 9.47 Å². The highest BCUT2D eigenvalue weighted by Gasteiger charge is 2.57. The van der Waals surface area contributed by atoms with Gasteiger partial charge < -0.3 is 14.4 Å². The summed E-state index contributed by atoms with van der Waals surface area (Å²) < 4.78 is 12.1. The lowest BCUT2D eigenvalue weighted by Crippen LogP contribution is -2.49. The van der Waals surface area contributed by atoms with E-state index < -0.39 is 0 Å². The van der Waals surface area contributed by atoms with Crippen LogP contribution in [0.2, 0.25) is 0 Å². The van der Waals surface area contributed by atoms with E-state index in [9.17, 15) is 0 Å². The molecule has 3 saturated carbocycles. The molecule has 0 bridgehead atoms. The van der Waals surface area contributed by atoms with Crippen molar-refractivity contribution in [2.45, 2.75) is 84.2 Å². The molecular weight excluding hydrogens is 382 g/mol. The summed E-state index contributed by atoms with van der Waals surface area (Å²) in [5.74, 6) is 2.69. The Morgan fingerprint density at radius 3 is 2.55 bits per heavy atom. The average molecular weight is 428 g/mol. The van der Waals surface area contributed by atoms with E-state index in [0.717, 1.165) is 44.1 Å². The SMILES string of the molecule is C=C1CCC2C3CCC4=C[C@@H](OCCOCCN5CCCC5)CC[C@]4(C)C3CC[C@]12C. The molecule has 1 saturated heterocycles. The minimum Gasteiger partial charge on any atom is -0.378 e. The number of hydrogen-bond acceptors (Lipinski definition) is 3. The van der Waals surface area contributed by atoms with Crippen molar-refractivity contribution in [1.82, 2.24) is 4.90 Å². The van der Waals surface area contributed by atoms with Crippen molar-refractivity contribution in [2.24, 2.45) is 28.6 Å². The molecule has 174 valence electrons. The van der Waals surface area contributed by atoms with Gasteiger partial charge in [0.05, 0.1) is 25.9 Å². The van der Waals surface area contributed by atoms with Crippen LogP contribution in [0.15, 0.2) is 23.8 Å². The van der Waals surface area contributed by atoms with Gasteiger partial charge in [-0.2, -0.15) is 0 Å². The first-order chi connectivity index (χ1) is 15.0. The normalized spacial score (nSPS) is 42.8. The Bertz CT molecular complexity index is 695. The van der Waals surface area contributed by atoms with Gasteiger partial charge in [-0.15, -0.1) is 0 Å². The zero-order chi connectivity index (χ0) is 21.5. The second kappa shape index (κ2) is 8.95. The van der Waals surface area contributed by atoms with Gasteiger partial charge in [-0.3, -0.25) is 0 Å². The molecule has 0 amide bonds. The van der Waals surface area contributed by atoms with Crippen LogP contribution in [0.25, 0.3) is 0 Å². The Morgan fingerprint density at radius 1 is 0.935 bits per heavy atom. The molecule has 4 fully saturated rings. The Labute approximate surface area is 190 Å². The zero-order valence-electron chi connectivity index (χ0n) is 20.2. The smallest absolute Gasteiger partial charge is 0.0760 e. The van der Waals surface area contributed by atoms with Crippen molar-refractivity contribution in [1.29, 1.82) is 0 Å². The Balaban J connectivity index is 1.12. The van der Waals surface area contributed by atoms with Crippen molar-refractivity contribution in [3.05, 3.63) is 23.8 Å². The van der Waals surface area contributed by atoms with Gasteiger partial charge in [0, 0.05) is 6.54 Å². The van der Waals surface area contributed by atoms with E-state index in [-0.39, 0.29) is 0 Å². The van der Waals surface area contributed by atoms with Crippen LogP contribution < -0.4 is 0 Å². The average Bonchev–Trinajstić information content (AvgIpc) is 3.38. The van der Waals surface area contributed by atoms with E-state index in [1.165, 1.54) is 77.3 Å². The minimum absolute atomic E-state index is 0.307. The molecule has 1 heterocycles. The van der Waals surface area contributed by atoms with Crippen LogP contribution >= 0.6 is 0 Å². The summed E-state index contributed by atoms with van der Waals surface area (Å²) in [6.45, 7) is 15.5. The van der Waals surface area contributed by atoms with Gasteiger partial charge in [-0.05, 0) is 106 Å². The summed E-state index contributed by atoms with van der Waals surface area (Å²) >= 11 is 0. The van der Waals surface area contributed by atoms with Gasteiger partial charge in [0.15, 0.2) is 0 Å². The number of allylic oxidation sites excluding steroid dienone is 2. The molecule has 0 N–H and O–H groups in total. The lowest BCUT2D eigenvalue weighted by Gasteiger charge is -2.58. The lowest BCUT2D eigenvalue weighted by molar-refractivity contribution is -0.0413. The van der Waals surface area contributed by atoms with Gasteiger partial charge >= 0.3 is 0 Å². The molecule has 0 aromatic rings. The molecule has 5 rings (SSSR count). The summed E-state index contributed by atoms with van der Waals surface area (Å²) in [5.41, 5.74) is 4.14. The first-order valence-corrected chi connectivity index (χ1v) is 13.3. The van der Waals surface area contributed by atoms with Crippen LogP contribution in [0.4, 0.5) is 0 Å². The summed E-state index contributed by atoms with van der Waals surface area (Å²) in [6.07, 6.45) is 16.2. The molecule has 6 atom stereocenters. The van der Waals surface area contributed by atoms with Gasteiger partial charge in [0.2, 0.25) is 0 Å². The van der Waals surface area contributed by atoms with Crippen LogP contribution in [0, 0.1) is 28.6 Å². The summed E-state index contributed by atoms with van der Waals surface area (Å²) in [4.78, 5) is 2.51. The van der Waals surface area contributed by atoms with E-state index >= 15 is 0 Å². The van der Waals surface area contributed by atoms with E-state index in [1.807, 2.05) is 0 Å². The van der Waals surface area contributed by atoms with Crippen molar-refractivity contribution in [3.63, 3.8) is 0 Å². The maximum atomic E-state index is 6.26. The number of nitrogens with zero attached hydrogens (tertiary/aromatic N) is 1. The molecular formula is C28H45NO2. The van der Waals surface area contributed by atoms with Gasteiger partial charge in [-0.1, -0.05) is 37.6 Å². The molecule has 3 heteroatoms. The van der Waals surface area contributed by atoms with Crippen LogP contribution in [-0.4, -0.2) is 50.5 Å². The molecule has 5 aliphatic rings. The standard InChI is InChI=1S/C28H45NO2/c1-21-6-9-25-24-8-7-22-20-23(31-19-18-30-17-16-29-14-4-5-15-29)10-12-28(22,3)26(24)11-13-27(21,25)2/h20,23-26H,1,4-19H2,2-3H3/t23-,24?,25?,26?,27+,28-/m0/s1. The largest absolute Gasteiger partial charge is 0.378 e. The fourth-order valence-electron chi connectivity index (χ4n) is 8.30. The van der Waals surface area contributed by atoms with E-state index in [0.29, 0.717) is 16.9 Å². The third kappa shape index (κ3) is 4.08. The van der Waals surface area contributed by atoms with Gasteiger partial charge in [-0.25, -0.2) is 0 Å². The predicted molar refractivity (Wildman–Crippen MR) is 127 cm³/mol. The molecule has 3 nitrogen and oxygen atoms in total. The van der Waals surface area contributed by atoms with Crippen LogP contribution in [0.1, 0.15) is 78.1 Å². The molecule has 0 aromatic heterocycles. The lowest BCUT2D eigenvalue weighted by atomic mass is 9.47. The van der Waals surface area contributed by atoms with Crippen molar-refractivity contribution in [2.75, 3.05) is 39.5 Å². The van der Waals surface area contributed by atoms with E-state index in [2.05, 4.69) is 31.4 Å². The highest BCUT2D eigenvalue weighted by atomic mass is 16.5. The highest BCUT2D eigenvalue weighted by Crippen LogP contribution is 2.66. The second-order valence-electron chi connectivity index (χ2n) is 11.7. The molecule has 0 radical (unpaired) electrons. The minimum atomic E-state index is 0.307. The maximum absolute atomic E-state index is 6.26. The molecule has 1 aliphatic heterocycles. The maximum Gasteiger partial charge on any atom is 0.0760 e. The number of rotatable bonds is 7. The van der Waals surface area contributed by atoms with Gasteiger partial charge in [0.25, 0.3) is 0 Å². The summed E-state index contributed by atoms with van der Waals surface area (Å²) in [7, 11) is 0. The fraction of sp³-hybridized carbons (Fsp3) is 0.857. The van der Waals surface area contributed by atoms with Crippen molar-refractivity contribution < 1.29 is 9.47 Å². The predicted octanol–water partition coefficient (Wildman–Crippen LogP) is 6.00. The van der Waals surface area contributed by atoms with Crippen LogP contribution in [0.5, 0.6) is 0 Å². The second-order valence-corrected chi connectivity index (χ2v) is 11.7. The highest BCUT2D eigenvalue weighted by molar-refractivity contribution is 5.28. The number of ether oxygens (including phenoxy) is 2. The Morgan fingerprint density at radius 2 is 1.71 bits per heavy atom. The van der Waals surface area contributed by atoms with Gasteiger partial charge in [0.1, 0.15) is 0 Å². The zero-order valence-corrected chi connectivity index (χ0v) is 20.2. The molecule has 31 heavy (non-hydrogen) atoms. The molecule has 0 aromatic carbocycles. The van der Waals surface area contributed by atoms with E-state index in [1.54, 1.807) is 11.1 Å². The number of fused-ring (bicyclic) bond motifs is 5. The Kier molecular flexibility index (Phi) is 6.40. The summed E-state index contributed by atoms with van der Waals surface area (Å²) in [6, 6.07) is 0. The quantitative estimate of drug-likeness (QED) is 0.367. The van der Waals surface area contributed by atoms with Crippen molar-refractivity contribution >= 4 is 0 Å². The third-order valence-corrected chi connectivity index (χ3v) is 10.3. The third-order valence-electron chi connectivity index (χ3n) is 10.3. The Hall–Kier alpha value is -0.640. The topological polar surface area (TPSA) is 21.7 Å². The molecule has 4 aliphatic carbocycles. The first kappa shape index (κ1) is 22.2. The molecule has 0 spiro atoms. The summed E-state index contributed by atoms with van der Waals surface area (Å²) in [5, 5.41) is 0. The molecule has 3 unspecified atom stereocenters. The van der Waals surface area contributed by atoms with E-state index in [4.69, 9.17) is 9.47 Å². The fourth-order valence-corrected chi connectivity index (χ4v) is 8.30. The first-order valence-electron chi connectivity index (χ1n) is 13.3.